The van der Waals surface area contributed by atoms with E-state index in [0.29, 0.717) is 30.7 Å². The second kappa shape index (κ2) is 9.02. The Labute approximate surface area is 150 Å². The predicted octanol–water partition coefficient (Wildman–Crippen LogP) is 5.07. The summed E-state index contributed by atoms with van der Waals surface area (Å²) in [6.07, 6.45) is 6.30. The average Bonchev–Trinajstić information content (AvgIpc) is 2.99. The number of carboxylic acids is 1. The second-order valence-corrected chi connectivity index (χ2v) is 7.61. The van der Waals surface area contributed by atoms with E-state index >= 15 is 0 Å². The van der Waals surface area contributed by atoms with Crippen LogP contribution in [0.2, 0.25) is 0 Å². The van der Waals surface area contributed by atoms with Crippen molar-refractivity contribution in [3.8, 4) is 0 Å². The van der Waals surface area contributed by atoms with E-state index in [2.05, 4.69) is 13.8 Å². The molecule has 1 aliphatic rings. The third-order valence-corrected chi connectivity index (χ3v) is 5.29. The summed E-state index contributed by atoms with van der Waals surface area (Å²) in [5.41, 5.74) is -0.437. The zero-order chi connectivity index (χ0) is 18.3. The number of carbonyl (C=O) groups excluding carboxylic acids is 1. The van der Waals surface area contributed by atoms with Crippen LogP contribution >= 0.6 is 0 Å². The maximum Gasteiger partial charge on any atom is 0.338 e. The lowest BCUT2D eigenvalue weighted by molar-refractivity contribution is -0.155. The molecule has 0 saturated heterocycles. The van der Waals surface area contributed by atoms with E-state index in [9.17, 15) is 14.7 Å². The van der Waals surface area contributed by atoms with E-state index in [0.717, 1.165) is 25.7 Å². The fourth-order valence-corrected chi connectivity index (χ4v) is 3.79. The van der Waals surface area contributed by atoms with Gasteiger partial charge >= 0.3 is 11.9 Å². The zero-order valence-electron chi connectivity index (χ0n) is 15.4. The summed E-state index contributed by atoms with van der Waals surface area (Å²) in [7, 11) is 0. The maximum atomic E-state index is 12.3. The molecule has 1 N–H and O–H groups in total. The number of carbonyl (C=O) groups is 2. The predicted molar refractivity (Wildman–Crippen MR) is 97.5 cm³/mol. The zero-order valence-corrected chi connectivity index (χ0v) is 15.4. The summed E-state index contributed by atoms with van der Waals surface area (Å²) in [5.74, 6) is -0.558. The monoisotopic (exact) mass is 346 g/mol. The van der Waals surface area contributed by atoms with Gasteiger partial charge in [-0.05, 0) is 43.7 Å². The first kappa shape index (κ1) is 19.5. The highest BCUT2D eigenvalue weighted by molar-refractivity contribution is 5.90. The molecule has 1 fully saturated rings. The number of carboxylic acid groups (broad SMARTS) is 1. The molecule has 1 aromatic rings. The molecule has 4 nitrogen and oxygen atoms in total. The molecule has 0 radical (unpaired) electrons. The van der Waals surface area contributed by atoms with Crippen molar-refractivity contribution in [2.24, 2.45) is 11.3 Å². The van der Waals surface area contributed by atoms with Crippen molar-refractivity contribution in [3.63, 3.8) is 0 Å². The smallest absolute Gasteiger partial charge is 0.338 e. The van der Waals surface area contributed by atoms with Crippen molar-refractivity contribution >= 4 is 11.9 Å². The quantitative estimate of drug-likeness (QED) is 0.500. The Hall–Kier alpha value is -1.84. The standard InChI is InChI=1S/C21H30O4/c1-16(2)10-5-4-8-14-21(20(23)24)15-9-13-18(21)25-19(22)17-11-6-3-7-12-17/h3,6-7,11-12,16,18H,4-5,8-10,13-15H2,1-2H3,(H,23,24). The second-order valence-electron chi connectivity index (χ2n) is 7.61. The third-order valence-electron chi connectivity index (χ3n) is 5.29. The molecule has 0 aromatic heterocycles. The topological polar surface area (TPSA) is 63.6 Å². The van der Waals surface area contributed by atoms with Crippen LogP contribution in [0.5, 0.6) is 0 Å². The van der Waals surface area contributed by atoms with E-state index in [1.807, 2.05) is 6.07 Å². The molecule has 1 aromatic carbocycles. The Bertz CT molecular complexity index is 567. The van der Waals surface area contributed by atoms with Gasteiger partial charge in [-0.3, -0.25) is 4.79 Å². The summed E-state index contributed by atoms with van der Waals surface area (Å²) >= 11 is 0. The number of hydrogen-bond donors (Lipinski definition) is 1. The van der Waals surface area contributed by atoms with Gasteiger partial charge in [0.1, 0.15) is 11.5 Å². The van der Waals surface area contributed by atoms with Gasteiger partial charge in [-0.15, -0.1) is 0 Å². The number of rotatable bonds is 9. The normalized spacial score (nSPS) is 22.9. The molecule has 1 aliphatic carbocycles. The van der Waals surface area contributed by atoms with Crippen LogP contribution in [0, 0.1) is 11.3 Å². The van der Waals surface area contributed by atoms with E-state index < -0.39 is 23.5 Å². The SMILES string of the molecule is CC(C)CCCCCC1(C(=O)O)CCCC1OC(=O)c1ccccc1. The summed E-state index contributed by atoms with van der Waals surface area (Å²) < 4.78 is 5.65. The van der Waals surface area contributed by atoms with E-state index in [1.54, 1.807) is 24.3 Å². The van der Waals surface area contributed by atoms with Crippen LogP contribution in [0.25, 0.3) is 0 Å². The third kappa shape index (κ3) is 5.07. The first-order chi connectivity index (χ1) is 12.0. The fourth-order valence-electron chi connectivity index (χ4n) is 3.79. The van der Waals surface area contributed by atoms with Crippen LogP contribution in [0.1, 0.15) is 75.6 Å². The van der Waals surface area contributed by atoms with Gasteiger partial charge < -0.3 is 9.84 Å². The molecule has 0 aliphatic heterocycles. The van der Waals surface area contributed by atoms with Crippen LogP contribution in [-0.2, 0) is 9.53 Å². The summed E-state index contributed by atoms with van der Waals surface area (Å²) in [4.78, 5) is 24.4. The van der Waals surface area contributed by atoms with Crippen molar-refractivity contribution in [2.75, 3.05) is 0 Å². The molecule has 25 heavy (non-hydrogen) atoms. The van der Waals surface area contributed by atoms with Gasteiger partial charge in [-0.2, -0.15) is 0 Å². The Morgan fingerprint density at radius 3 is 2.56 bits per heavy atom. The Kier molecular flexibility index (Phi) is 7.03. The highest BCUT2D eigenvalue weighted by Crippen LogP contribution is 2.45. The van der Waals surface area contributed by atoms with E-state index in [-0.39, 0.29) is 0 Å². The van der Waals surface area contributed by atoms with Crippen molar-refractivity contribution in [1.82, 2.24) is 0 Å². The lowest BCUT2D eigenvalue weighted by Gasteiger charge is -2.31. The van der Waals surface area contributed by atoms with Crippen LogP contribution in [0.3, 0.4) is 0 Å². The molecule has 0 spiro atoms. The Morgan fingerprint density at radius 2 is 1.92 bits per heavy atom. The lowest BCUT2D eigenvalue weighted by atomic mass is 9.79. The van der Waals surface area contributed by atoms with Gasteiger partial charge in [0.2, 0.25) is 0 Å². The molecule has 1 saturated carbocycles. The molecular weight excluding hydrogens is 316 g/mol. The molecule has 138 valence electrons. The van der Waals surface area contributed by atoms with Crippen molar-refractivity contribution in [3.05, 3.63) is 35.9 Å². The van der Waals surface area contributed by atoms with Gasteiger partial charge in [0, 0.05) is 0 Å². The van der Waals surface area contributed by atoms with Crippen LogP contribution in [-0.4, -0.2) is 23.1 Å². The minimum Gasteiger partial charge on any atom is -0.481 e. The minimum atomic E-state index is -0.914. The van der Waals surface area contributed by atoms with Crippen LogP contribution < -0.4 is 0 Å². The Balaban J connectivity index is 1.98. The van der Waals surface area contributed by atoms with Gasteiger partial charge in [0.05, 0.1) is 5.56 Å². The molecule has 2 atom stereocenters. The number of esters is 1. The number of hydrogen-bond acceptors (Lipinski definition) is 3. The summed E-state index contributed by atoms with van der Waals surface area (Å²) in [6.45, 7) is 4.41. The lowest BCUT2D eigenvalue weighted by Crippen LogP contribution is -2.41. The van der Waals surface area contributed by atoms with E-state index in [1.165, 1.54) is 6.42 Å². The molecule has 0 amide bonds. The first-order valence-electron chi connectivity index (χ1n) is 9.45. The van der Waals surface area contributed by atoms with E-state index in [4.69, 9.17) is 4.74 Å². The van der Waals surface area contributed by atoms with Gasteiger partial charge in [0.15, 0.2) is 0 Å². The summed E-state index contributed by atoms with van der Waals surface area (Å²) in [5, 5.41) is 9.87. The number of benzene rings is 1. The number of ether oxygens (including phenoxy) is 1. The molecular formula is C21H30O4. The van der Waals surface area contributed by atoms with Crippen molar-refractivity contribution in [1.29, 1.82) is 0 Å². The number of aliphatic carboxylic acids is 1. The van der Waals surface area contributed by atoms with Crippen molar-refractivity contribution < 1.29 is 19.4 Å². The first-order valence-corrected chi connectivity index (χ1v) is 9.45. The molecule has 4 heteroatoms. The molecule has 0 bridgehead atoms. The highest BCUT2D eigenvalue weighted by Gasteiger charge is 2.51. The van der Waals surface area contributed by atoms with Gasteiger partial charge in [0.25, 0.3) is 0 Å². The number of unbranched alkanes of at least 4 members (excludes halogenated alkanes) is 2. The fraction of sp³-hybridized carbons (Fsp3) is 0.619. The highest BCUT2D eigenvalue weighted by atomic mass is 16.5. The van der Waals surface area contributed by atoms with Crippen LogP contribution in [0.15, 0.2) is 30.3 Å². The van der Waals surface area contributed by atoms with Crippen LogP contribution in [0.4, 0.5) is 0 Å². The molecule has 0 heterocycles. The Morgan fingerprint density at radius 1 is 1.20 bits per heavy atom. The van der Waals surface area contributed by atoms with Gasteiger partial charge in [-0.25, -0.2) is 4.79 Å². The average molecular weight is 346 g/mol. The molecule has 2 rings (SSSR count). The molecule has 2 unspecified atom stereocenters. The summed E-state index contributed by atoms with van der Waals surface area (Å²) in [6, 6.07) is 8.80. The maximum absolute atomic E-state index is 12.3. The largest absolute Gasteiger partial charge is 0.481 e. The van der Waals surface area contributed by atoms with Crippen molar-refractivity contribution in [2.45, 2.75) is 71.3 Å². The van der Waals surface area contributed by atoms with Gasteiger partial charge in [-0.1, -0.05) is 57.7 Å². The minimum absolute atomic E-state index is 0.419.